The van der Waals surface area contributed by atoms with Crippen molar-refractivity contribution in [3.05, 3.63) is 52.4 Å². The molecule has 1 rings (SSSR count). The Morgan fingerprint density at radius 2 is 2.21 bits per heavy atom. The van der Waals surface area contributed by atoms with Gasteiger partial charge in [0.05, 0.1) is 0 Å². The van der Waals surface area contributed by atoms with Crippen molar-refractivity contribution in [1.82, 2.24) is 0 Å². The molecule has 0 saturated carbocycles. The number of hydrogen-bond acceptors (Lipinski definition) is 0. The van der Waals surface area contributed by atoms with Crippen LogP contribution in [0.15, 0.2) is 35.3 Å². The molecule has 1 aromatic carbocycles. The van der Waals surface area contributed by atoms with Gasteiger partial charge >= 0.3 is 0 Å². The van der Waals surface area contributed by atoms with Gasteiger partial charge in [-0.05, 0) is 23.6 Å². The van der Waals surface area contributed by atoms with Crippen LogP contribution in [0.4, 0.5) is 0 Å². The molecule has 0 bridgehead atoms. The minimum Gasteiger partial charge on any atom is -0.102 e. The van der Waals surface area contributed by atoms with Crippen LogP contribution in [0.1, 0.15) is 31.4 Å². The molecule has 0 amide bonds. The molecule has 1 radical (unpaired) electrons. The van der Waals surface area contributed by atoms with Crippen LogP contribution in [-0.4, -0.2) is 0 Å². The first-order chi connectivity index (χ1) is 6.69. The summed E-state index contributed by atoms with van der Waals surface area (Å²) in [4.78, 5) is 0. The summed E-state index contributed by atoms with van der Waals surface area (Å²) in [6.45, 7) is 8.05. The monoisotopic (exact) mass is 251 g/mol. The summed E-state index contributed by atoms with van der Waals surface area (Å²) in [7, 11) is 0. The summed E-state index contributed by atoms with van der Waals surface area (Å²) in [5.74, 6) is 1.22. The number of rotatable bonds is 4. The lowest BCUT2D eigenvalue weighted by Gasteiger charge is -2.09. The highest BCUT2D eigenvalue weighted by molar-refractivity contribution is 9.10. The second-order valence-electron chi connectivity index (χ2n) is 3.44. The first-order valence-electron chi connectivity index (χ1n) is 4.93. The maximum absolute atomic E-state index is 3.77. The number of hydrogen-bond donors (Lipinski definition) is 0. The first kappa shape index (κ1) is 11.5. The molecule has 1 heteroatoms. The van der Waals surface area contributed by atoms with Crippen molar-refractivity contribution in [2.45, 2.75) is 26.7 Å². The predicted molar refractivity (Wildman–Crippen MR) is 66.4 cm³/mol. The summed E-state index contributed by atoms with van der Waals surface area (Å²) in [5, 5.41) is 0. The average molecular weight is 252 g/mol. The molecule has 0 spiro atoms. The van der Waals surface area contributed by atoms with Crippen LogP contribution in [0.25, 0.3) is 0 Å². The van der Waals surface area contributed by atoms with Gasteiger partial charge in [-0.2, -0.15) is 0 Å². The lowest BCUT2D eigenvalue weighted by atomic mass is 9.99. The molecule has 0 N–H and O–H groups in total. The van der Waals surface area contributed by atoms with E-state index in [1.54, 1.807) is 0 Å². The molecule has 0 aliphatic rings. The van der Waals surface area contributed by atoms with Crippen molar-refractivity contribution in [3.63, 3.8) is 0 Å². The van der Waals surface area contributed by atoms with E-state index >= 15 is 0 Å². The third-order valence-electron chi connectivity index (χ3n) is 2.33. The summed E-state index contributed by atoms with van der Waals surface area (Å²) in [6.07, 6.45) is 4.21. The highest BCUT2D eigenvalue weighted by Crippen LogP contribution is 2.24. The van der Waals surface area contributed by atoms with Crippen LogP contribution in [0.3, 0.4) is 0 Å². The zero-order chi connectivity index (χ0) is 10.6. The molecular formula is C13H16Br. The molecular weight excluding hydrogens is 236 g/mol. The van der Waals surface area contributed by atoms with Crippen LogP contribution in [-0.2, 0) is 6.42 Å². The van der Waals surface area contributed by atoms with E-state index in [1.165, 1.54) is 27.9 Å². The molecule has 0 fully saturated rings. The molecule has 0 aliphatic heterocycles. The van der Waals surface area contributed by atoms with Gasteiger partial charge in [0.2, 0.25) is 0 Å². The molecule has 0 unspecified atom stereocenters. The molecule has 14 heavy (non-hydrogen) atoms. The SMILES string of the molecule is C=C[C](C)c1ccc(CCC)c(Br)c1. The zero-order valence-electron chi connectivity index (χ0n) is 8.81. The average Bonchev–Trinajstić information content (AvgIpc) is 2.20. The topological polar surface area (TPSA) is 0 Å². The summed E-state index contributed by atoms with van der Waals surface area (Å²) < 4.78 is 1.21. The molecule has 0 aromatic heterocycles. The van der Waals surface area contributed by atoms with Gasteiger partial charge in [-0.15, -0.1) is 6.58 Å². The van der Waals surface area contributed by atoms with Crippen molar-refractivity contribution in [2.75, 3.05) is 0 Å². The Morgan fingerprint density at radius 3 is 2.71 bits per heavy atom. The molecule has 0 atom stereocenters. The summed E-state index contributed by atoms with van der Waals surface area (Å²) in [5.41, 5.74) is 2.62. The van der Waals surface area contributed by atoms with Crippen molar-refractivity contribution >= 4 is 15.9 Å². The lowest BCUT2D eigenvalue weighted by Crippen LogP contribution is -1.92. The van der Waals surface area contributed by atoms with E-state index in [1.807, 2.05) is 6.08 Å². The third kappa shape index (κ3) is 2.71. The van der Waals surface area contributed by atoms with E-state index in [0.717, 1.165) is 6.42 Å². The molecule has 75 valence electrons. The lowest BCUT2D eigenvalue weighted by molar-refractivity contribution is 0.916. The van der Waals surface area contributed by atoms with E-state index in [2.05, 4.69) is 54.6 Å². The van der Waals surface area contributed by atoms with E-state index < -0.39 is 0 Å². The quantitative estimate of drug-likeness (QED) is 0.738. The van der Waals surface area contributed by atoms with Gasteiger partial charge in [0.25, 0.3) is 0 Å². The fourth-order valence-electron chi connectivity index (χ4n) is 1.38. The van der Waals surface area contributed by atoms with E-state index in [4.69, 9.17) is 0 Å². The normalized spacial score (nSPS) is 10.6. The van der Waals surface area contributed by atoms with Crippen LogP contribution in [0, 0.1) is 5.92 Å². The van der Waals surface area contributed by atoms with Crippen molar-refractivity contribution in [1.29, 1.82) is 0 Å². The summed E-state index contributed by atoms with van der Waals surface area (Å²) in [6, 6.07) is 6.52. The van der Waals surface area contributed by atoms with Crippen molar-refractivity contribution < 1.29 is 0 Å². The van der Waals surface area contributed by atoms with Crippen molar-refractivity contribution in [2.24, 2.45) is 0 Å². The highest BCUT2D eigenvalue weighted by atomic mass is 79.9. The Kier molecular flexibility index (Phi) is 4.40. The van der Waals surface area contributed by atoms with E-state index in [9.17, 15) is 0 Å². The van der Waals surface area contributed by atoms with Crippen LogP contribution in [0.2, 0.25) is 0 Å². The van der Waals surface area contributed by atoms with Crippen LogP contribution < -0.4 is 0 Å². The molecule has 1 aromatic rings. The van der Waals surface area contributed by atoms with E-state index in [-0.39, 0.29) is 0 Å². The number of halogens is 1. The van der Waals surface area contributed by atoms with Gasteiger partial charge in [0.1, 0.15) is 0 Å². The highest BCUT2D eigenvalue weighted by Gasteiger charge is 2.04. The maximum atomic E-state index is 3.77. The minimum atomic E-state index is 1.13. The van der Waals surface area contributed by atoms with Crippen LogP contribution >= 0.6 is 15.9 Å². The molecule has 0 aliphatic carbocycles. The van der Waals surface area contributed by atoms with Gasteiger partial charge in [0.15, 0.2) is 0 Å². The Balaban J connectivity index is 2.93. The Morgan fingerprint density at radius 1 is 1.50 bits per heavy atom. The zero-order valence-corrected chi connectivity index (χ0v) is 10.4. The molecule has 0 nitrogen and oxygen atoms in total. The van der Waals surface area contributed by atoms with Crippen molar-refractivity contribution in [3.8, 4) is 0 Å². The largest absolute Gasteiger partial charge is 0.102 e. The smallest absolute Gasteiger partial charge is 0.0230 e. The van der Waals surface area contributed by atoms with Gasteiger partial charge in [-0.1, -0.05) is 54.4 Å². The fraction of sp³-hybridized carbons (Fsp3) is 0.308. The van der Waals surface area contributed by atoms with Gasteiger partial charge in [0, 0.05) is 10.4 Å². The Bertz CT molecular complexity index is 315. The predicted octanol–water partition coefficient (Wildman–Crippen LogP) is 4.53. The maximum Gasteiger partial charge on any atom is 0.0230 e. The second-order valence-corrected chi connectivity index (χ2v) is 4.30. The minimum absolute atomic E-state index is 1.13. The fourth-order valence-corrected chi connectivity index (χ4v) is 1.96. The third-order valence-corrected chi connectivity index (χ3v) is 3.07. The number of benzene rings is 1. The Labute approximate surface area is 95.2 Å². The standard InChI is InChI=1S/C13H16Br/c1-4-6-11-7-8-12(9-13(11)14)10(3)5-2/h5,7-9H,2,4,6H2,1,3H3. The Hall–Kier alpha value is -0.560. The first-order valence-corrected chi connectivity index (χ1v) is 5.73. The molecule has 0 heterocycles. The summed E-state index contributed by atoms with van der Waals surface area (Å²) >= 11 is 3.60. The van der Waals surface area contributed by atoms with Crippen LogP contribution in [0.5, 0.6) is 0 Å². The van der Waals surface area contributed by atoms with Gasteiger partial charge in [-0.25, -0.2) is 0 Å². The number of aryl methyl sites for hydroxylation is 1. The van der Waals surface area contributed by atoms with E-state index in [0.29, 0.717) is 0 Å². The van der Waals surface area contributed by atoms with Gasteiger partial charge < -0.3 is 0 Å². The second kappa shape index (κ2) is 5.35. The number of allylic oxidation sites excluding steroid dienone is 1. The molecule has 0 saturated heterocycles. The van der Waals surface area contributed by atoms with Gasteiger partial charge in [-0.3, -0.25) is 0 Å².